The standard InChI is InChI=1S/C30H25Cl3N2O2/c31-21-12-10-20(11-13-21)25-17-26(29(36)34-23-8-4-5-9-23)30(37-18-19-6-2-1-3-7-19)35-28(25)24-15-14-22(32)16-27(24)33/h1-3,6-7,10-17,23H,4-5,8-9,18H2,(H,34,36). The zero-order chi connectivity index (χ0) is 25.8. The van der Waals surface area contributed by atoms with Crippen LogP contribution in [0.4, 0.5) is 0 Å². The van der Waals surface area contributed by atoms with Gasteiger partial charge in [-0.25, -0.2) is 4.98 Å². The molecule has 0 aliphatic heterocycles. The number of rotatable bonds is 7. The smallest absolute Gasteiger partial charge is 0.257 e. The van der Waals surface area contributed by atoms with E-state index in [1.807, 2.05) is 66.7 Å². The van der Waals surface area contributed by atoms with Crippen molar-refractivity contribution in [2.75, 3.05) is 0 Å². The number of aromatic nitrogens is 1. The number of pyridine rings is 1. The zero-order valence-corrected chi connectivity index (χ0v) is 22.3. The summed E-state index contributed by atoms with van der Waals surface area (Å²) >= 11 is 19.0. The predicted molar refractivity (Wildman–Crippen MR) is 151 cm³/mol. The molecule has 1 fully saturated rings. The zero-order valence-electron chi connectivity index (χ0n) is 20.0. The first-order valence-corrected chi connectivity index (χ1v) is 13.4. The van der Waals surface area contributed by atoms with Crippen LogP contribution in [0.2, 0.25) is 15.1 Å². The van der Waals surface area contributed by atoms with Gasteiger partial charge in [0.1, 0.15) is 12.2 Å². The fraction of sp³-hybridized carbons (Fsp3) is 0.200. The summed E-state index contributed by atoms with van der Waals surface area (Å²) in [7, 11) is 0. The lowest BCUT2D eigenvalue weighted by molar-refractivity contribution is 0.0932. The Morgan fingerprint density at radius 2 is 1.57 bits per heavy atom. The molecule has 4 nitrogen and oxygen atoms in total. The van der Waals surface area contributed by atoms with Crippen molar-refractivity contribution < 1.29 is 9.53 Å². The van der Waals surface area contributed by atoms with Crippen molar-refractivity contribution >= 4 is 40.7 Å². The van der Waals surface area contributed by atoms with Gasteiger partial charge in [0.05, 0.1) is 10.7 Å². The Labute approximate surface area is 231 Å². The topological polar surface area (TPSA) is 51.2 Å². The SMILES string of the molecule is O=C(NC1CCCC1)c1cc(-c2ccc(Cl)cc2)c(-c2ccc(Cl)cc2Cl)nc1OCc1ccccc1. The van der Waals surface area contributed by atoms with E-state index < -0.39 is 0 Å². The van der Waals surface area contributed by atoms with Crippen LogP contribution in [0.5, 0.6) is 5.88 Å². The highest BCUT2D eigenvalue weighted by molar-refractivity contribution is 6.36. The summed E-state index contributed by atoms with van der Waals surface area (Å²) < 4.78 is 6.18. The van der Waals surface area contributed by atoms with Crippen molar-refractivity contribution in [3.05, 3.63) is 105 Å². The Morgan fingerprint density at radius 1 is 0.865 bits per heavy atom. The van der Waals surface area contributed by atoms with E-state index in [2.05, 4.69) is 5.32 Å². The summed E-state index contributed by atoms with van der Waals surface area (Å²) in [5.74, 6) is 0.0458. The normalized spacial score (nSPS) is 13.5. The van der Waals surface area contributed by atoms with Crippen LogP contribution in [0.1, 0.15) is 41.6 Å². The van der Waals surface area contributed by atoms with Gasteiger partial charge in [-0.3, -0.25) is 4.79 Å². The summed E-state index contributed by atoms with van der Waals surface area (Å²) in [6.07, 6.45) is 4.18. The quantitative estimate of drug-likeness (QED) is 0.250. The molecule has 1 N–H and O–H groups in total. The first-order chi connectivity index (χ1) is 18.0. The molecule has 0 unspecified atom stereocenters. The second kappa shape index (κ2) is 11.6. The van der Waals surface area contributed by atoms with E-state index in [0.717, 1.165) is 42.4 Å². The number of hydrogen-bond acceptors (Lipinski definition) is 3. The molecule has 7 heteroatoms. The number of carbonyl (C=O) groups is 1. The van der Waals surface area contributed by atoms with Crippen molar-refractivity contribution in [1.82, 2.24) is 10.3 Å². The lowest BCUT2D eigenvalue weighted by Crippen LogP contribution is -2.33. The Hall–Kier alpha value is -3.05. The lowest BCUT2D eigenvalue weighted by atomic mass is 9.97. The maximum Gasteiger partial charge on any atom is 0.257 e. The maximum atomic E-state index is 13.5. The number of hydrogen-bond donors (Lipinski definition) is 1. The van der Waals surface area contributed by atoms with Crippen molar-refractivity contribution in [2.24, 2.45) is 0 Å². The molecule has 3 aromatic carbocycles. The first-order valence-electron chi connectivity index (χ1n) is 12.2. The molecule has 0 bridgehead atoms. The van der Waals surface area contributed by atoms with Crippen molar-refractivity contribution in [3.63, 3.8) is 0 Å². The van der Waals surface area contributed by atoms with Crippen LogP contribution in [0.25, 0.3) is 22.4 Å². The minimum atomic E-state index is -0.202. The van der Waals surface area contributed by atoms with Crippen molar-refractivity contribution in [3.8, 4) is 28.3 Å². The minimum Gasteiger partial charge on any atom is -0.472 e. The molecule has 0 atom stereocenters. The molecule has 1 saturated carbocycles. The molecule has 0 spiro atoms. The molecule has 1 heterocycles. The van der Waals surface area contributed by atoms with Gasteiger partial charge in [-0.1, -0.05) is 90.1 Å². The van der Waals surface area contributed by atoms with Gasteiger partial charge in [0.25, 0.3) is 5.91 Å². The van der Waals surface area contributed by atoms with E-state index in [0.29, 0.717) is 31.9 Å². The summed E-state index contributed by atoms with van der Waals surface area (Å²) in [6, 6.07) is 24.4. The van der Waals surface area contributed by atoms with Gasteiger partial charge in [-0.15, -0.1) is 0 Å². The molecule has 1 aliphatic carbocycles. The highest BCUT2D eigenvalue weighted by Crippen LogP contribution is 2.39. The second-order valence-electron chi connectivity index (χ2n) is 9.10. The third kappa shape index (κ3) is 6.10. The van der Waals surface area contributed by atoms with E-state index >= 15 is 0 Å². The molecule has 37 heavy (non-hydrogen) atoms. The third-order valence-corrected chi connectivity index (χ3v) is 7.28. The number of carbonyl (C=O) groups excluding carboxylic acids is 1. The summed E-state index contributed by atoms with van der Waals surface area (Å²) in [4.78, 5) is 18.4. The minimum absolute atomic E-state index is 0.152. The Bertz CT molecular complexity index is 1400. The Balaban J connectivity index is 1.64. The van der Waals surface area contributed by atoms with Crippen LogP contribution in [-0.4, -0.2) is 16.9 Å². The number of nitrogens with one attached hydrogen (secondary N) is 1. The van der Waals surface area contributed by atoms with E-state index in [9.17, 15) is 4.79 Å². The van der Waals surface area contributed by atoms with E-state index in [1.165, 1.54) is 0 Å². The molecule has 0 saturated heterocycles. The fourth-order valence-electron chi connectivity index (χ4n) is 4.56. The average Bonchev–Trinajstić information content (AvgIpc) is 3.41. The lowest BCUT2D eigenvalue weighted by Gasteiger charge is -2.19. The predicted octanol–water partition coefficient (Wildman–Crippen LogP) is 8.63. The molecule has 4 aromatic rings. The summed E-state index contributed by atoms with van der Waals surface area (Å²) in [5, 5.41) is 4.77. The van der Waals surface area contributed by atoms with Crippen LogP contribution in [0.15, 0.2) is 78.9 Å². The highest BCUT2D eigenvalue weighted by atomic mass is 35.5. The molecular weight excluding hydrogens is 527 g/mol. The van der Waals surface area contributed by atoms with E-state index in [-0.39, 0.29) is 24.4 Å². The van der Waals surface area contributed by atoms with Crippen LogP contribution in [-0.2, 0) is 6.61 Å². The van der Waals surface area contributed by atoms with Crippen LogP contribution < -0.4 is 10.1 Å². The van der Waals surface area contributed by atoms with Gasteiger partial charge in [0, 0.05) is 27.2 Å². The van der Waals surface area contributed by atoms with E-state index in [4.69, 9.17) is 44.5 Å². The maximum absolute atomic E-state index is 13.5. The fourth-order valence-corrected chi connectivity index (χ4v) is 5.19. The first kappa shape index (κ1) is 25.6. The summed E-state index contributed by atoms with van der Waals surface area (Å²) in [6.45, 7) is 0.269. The van der Waals surface area contributed by atoms with Crippen LogP contribution in [0, 0.1) is 0 Å². The molecule has 0 radical (unpaired) electrons. The highest BCUT2D eigenvalue weighted by Gasteiger charge is 2.25. The molecule has 1 aliphatic rings. The number of benzene rings is 3. The average molecular weight is 552 g/mol. The number of halogens is 3. The Kier molecular flexibility index (Phi) is 7.99. The largest absolute Gasteiger partial charge is 0.472 e. The molecular formula is C30H25Cl3N2O2. The molecule has 1 amide bonds. The van der Waals surface area contributed by atoms with Gasteiger partial charge in [-0.2, -0.15) is 0 Å². The van der Waals surface area contributed by atoms with Gasteiger partial charge >= 0.3 is 0 Å². The second-order valence-corrected chi connectivity index (χ2v) is 10.4. The number of amides is 1. The molecule has 5 rings (SSSR count). The summed E-state index contributed by atoms with van der Waals surface area (Å²) in [5.41, 5.74) is 4.21. The van der Waals surface area contributed by atoms with Crippen LogP contribution in [0.3, 0.4) is 0 Å². The van der Waals surface area contributed by atoms with Gasteiger partial charge in [0.15, 0.2) is 0 Å². The third-order valence-electron chi connectivity index (χ3n) is 6.48. The molecule has 1 aromatic heterocycles. The monoisotopic (exact) mass is 550 g/mol. The van der Waals surface area contributed by atoms with Crippen molar-refractivity contribution in [2.45, 2.75) is 38.3 Å². The molecule has 188 valence electrons. The van der Waals surface area contributed by atoms with Gasteiger partial charge < -0.3 is 10.1 Å². The van der Waals surface area contributed by atoms with Crippen molar-refractivity contribution in [1.29, 1.82) is 0 Å². The number of nitrogens with zero attached hydrogens (tertiary/aromatic N) is 1. The van der Waals surface area contributed by atoms with Crippen LogP contribution >= 0.6 is 34.8 Å². The van der Waals surface area contributed by atoms with Gasteiger partial charge in [-0.05, 0) is 60.4 Å². The van der Waals surface area contributed by atoms with E-state index in [1.54, 1.807) is 12.1 Å². The number of ether oxygens (including phenoxy) is 1. The van der Waals surface area contributed by atoms with Gasteiger partial charge in [0.2, 0.25) is 5.88 Å². The Morgan fingerprint density at radius 3 is 2.27 bits per heavy atom.